The van der Waals surface area contributed by atoms with Gasteiger partial charge in [0.2, 0.25) is 17.7 Å². The van der Waals surface area contributed by atoms with Crippen LogP contribution in [-0.4, -0.2) is 41.4 Å². The lowest BCUT2D eigenvalue weighted by atomic mass is 9.78. The van der Waals surface area contributed by atoms with Crippen LogP contribution in [0.3, 0.4) is 0 Å². The number of H-pyrrole nitrogens is 1. The first-order valence-electron chi connectivity index (χ1n) is 12.3. The molecule has 36 heavy (non-hydrogen) atoms. The lowest BCUT2D eigenvalue weighted by Gasteiger charge is -2.38. The Hall–Kier alpha value is -3.81. The van der Waals surface area contributed by atoms with Crippen LogP contribution in [-0.2, 0) is 33.6 Å². The molecule has 2 atom stereocenters. The van der Waals surface area contributed by atoms with Crippen molar-refractivity contribution < 1.29 is 19.1 Å². The van der Waals surface area contributed by atoms with E-state index in [0.29, 0.717) is 25.7 Å². The van der Waals surface area contributed by atoms with Gasteiger partial charge in [-0.3, -0.25) is 14.4 Å². The fraction of sp³-hybridized carbons (Fsp3) is 0.393. The number of para-hydroxylation sites is 1. The monoisotopic (exact) mass is 490 g/mol. The van der Waals surface area contributed by atoms with E-state index in [1.54, 1.807) is 7.11 Å². The zero-order chi connectivity index (χ0) is 25.9. The topological polar surface area (TPSA) is 126 Å². The number of primary amides is 1. The molecule has 0 fully saturated rings. The molecule has 1 aliphatic rings. The number of hydrogen-bond donors (Lipinski definition) is 4. The fourth-order valence-corrected chi connectivity index (χ4v) is 4.98. The SMILES string of the molecule is COc1ccc(CCC(=O)N[C@@]2(C(=O)N[C@H](C(N)=O)C(C)C)CCc3[nH]c4ccccc4c3C2)cc1. The molecule has 0 bridgehead atoms. The van der Waals surface area contributed by atoms with Gasteiger partial charge < -0.3 is 26.1 Å². The van der Waals surface area contributed by atoms with Gasteiger partial charge in [-0.15, -0.1) is 0 Å². The van der Waals surface area contributed by atoms with Crippen LogP contribution in [0.15, 0.2) is 48.5 Å². The molecule has 4 rings (SSSR count). The smallest absolute Gasteiger partial charge is 0.246 e. The number of fused-ring (bicyclic) bond motifs is 3. The number of rotatable bonds is 9. The van der Waals surface area contributed by atoms with E-state index in [9.17, 15) is 14.4 Å². The minimum atomic E-state index is -1.18. The van der Waals surface area contributed by atoms with Gasteiger partial charge >= 0.3 is 0 Å². The van der Waals surface area contributed by atoms with Crippen LogP contribution in [0.5, 0.6) is 5.75 Å². The molecule has 3 aromatic rings. The van der Waals surface area contributed by atoms with Crippen LogP contribution in [0, 0.1) is 5.92 Å². The number of carbonyl (C=O) groups excluding carboxylic acids is 3. The van der Waals surface area contributed by atoms with Crippen molar-refractivity contribution in [2.75, 3.05) is 7.11 Å². The molecule has 190 valence electrons. The third kappa shape index (κ3) is 5.22. The molecular weight excluding hydrogens is 456 g/mol. The molecule has 0 aliphatic heterocycles. The highest BCUT2D eigenvalue weighted by atomic mass is 16.5. The van der Waals surface area contributed by atoms with Crippen LogP contribution in [0.1, 0.15) is 43.5 Å². The third-order valence-electron chi connectivity index (χ3n) is 7.06. The number of amides is 3. The number of methoxy groups -OCH3 is 1. The second-order valence-electron chi connectivity index (χ2n) is 9.88. The van der Waals surface area contributed by atoms with Gasteiger partial charge in [-0.05, 0) is 54.5 Å². The van der Waals surface area contributed by atoms with Gasteiger partial charge in [-0.2, -0.15) is 0 Å². The molecule has 8 nitrogen and oxygen atoms in total. The highest BCUT2D eigenvalue weighted by molar-refractivity contribution is 5.96. The first-order valence-corrected chi connectivity index (χ1v) is 12.3. The molecule has 1 aliphatic carbocycles. The average molecular weight is 491 g/mol. The minimum Gasteiger partial charge on any atom is -0.497 e. The zero-order valence-corrected chi connectivity index (χ0v) is 21.0. The lowest BCUT2D eigenvalue weighted by Crippen LogP contribution is -2.64. The van der Waals surface area contributed by atoms with Gasteiger partial charge in [-0.25, -0.2) is 0 Å². The lowest BCUT2D eigenvalue weighted by molar-refractivity contribution is -0.136. The second-order valence-corrected chi connectivity index (χ2v) is 9.88. The van der Waals surface area contributed by atoms with E-state index >= 15 is 0 Å². The number of aromatic nitrogens is 1. The number of nitrogens with one attached hydrogen (secondary N) is 3. The van der Waals surface area contributed by atoms with Gasteiger partial charge in [0, 0.05) is 29.4 Å². The molecule has 0 saturated carbocycles. The van der Waals surface area contributed by atoms with Gasteiger partial charge in [0.1, 0.15) is 17.3 Å². The maximum atomic E-state index is 13.7. The molecule has 0 spiro atoms. The summed E-state index contributed by atoms with van der Waals surface area (Å²) in [6.45, 7) is 3.66. The summed E-state index contributed by atoms with van der Waals surface area (Å²) >= 11 is 0. The van der Waals surface area contributed by atoms with E-state index in [1.165, 1.54) is 0 Å². The minimum absolute atomic E-state index is 0.179. The number of benzene rings is 2. The van der Waals surface area contributed by atoms with Crippen LogP contribution in [0.2, 0.25) is 0 Å². The van der Waals surface area contributed by atoms with Crippen molar-refractivity contribution in [2.45, 2.75) is 57.5 Å². The summed E-state index contributed by atoms with van der Waals surface area (Å²) in [7, 11) is 1.61. The fourth-order valence-electron chi connectivity index (χ4n) is 4.98. The number of hydrogen-bond acceptors (Lipinski definition) is 4. The van der Waals surface area contributed by atoms with E-state index in [0.717, 1.165) is 33.5 Å². The molecular formula is C28H34N4O4. The van der Waals surface area contributed by atoms with E-state index < -0.39 is 17.5 Å². The van der Waals surface area contributed by atoms with Crippen molar-refractivity contribution >= 4 is 28.6 Å². The van der Waals surface area contributed by atoms with E-state index in [1.807, 2.05) is 62.4 Å². The number of aryl methyl sites for hydroxylation is 2. The van der Waals surface area contributed by atoms with E-state index in [4.69, 9.17) is 10.5 Å². The van der Waals surface area contributed by atoms with Crippen LogP contribution < -0.4 is 21.1 Å². The maximum Gasteiger partial charge on any atom is 0.246 e. The van der Waals surface area contributed by atoms with Crippen molar-refractivity contribution in [3.63, 3.8) is 0 Å². The highest BCUT2D eigenvalue weighted by Crippen LogP contribution is 2.34. The van der Waals surface area contributed by atoms with Crippen molar-refractivity contribution in [3.05, 3.63) is 65.4 Å². The largest absolute Gasteiger partial charge is 0.497 e. The first-order chi connectivity index (χ1) is 17.2. The standard InChI is InChI=1S/C28H34N4O4/c1-17(2)25(26(29)34)31-27(35)28(32-24(33)13-10-18-8-11-19(36-3)12-9-18)15-14-23-21(16-28)20-6-4-5-7-22(20)30-23/h4-9,11-12,17,25,30H,10,13-16H2,1-3H3,(H2,29,34)(H,31,35)(H,32,33)/t25-,28-/m0/s1. The van der Waals surface area contributed by atoms with Gasteiger partial charge in [-0.1, -0.05) is 44.2 Å². The maximum absolute atomic E-state index is 13.7. The van der Waals surface area contributed by atoms with E-state index in [-0.39, 0.29) is 24.2 Å². The number of ether oxygens (including phenoxy) is 1. The normalized spacial score (nSPS) is 17.9. The Morgan fingerprint density at radius 3 is 2.50 bits per heavy atom. The van der Waals surface area contributed by atoms with Gasteiger partial charge in [0.25, 0.3) is 0 Å². The van der Waals surface area contributed by atoms with E-state index in [2.05, 4.69) is 15.6 Å². The Kier molecular flexibility index (Phi) is 7.33. The highest BCUT2D eigenvalue weighted by Gasteiger charge is 2.45. The molecule has 2 aromatic carbocycles. The predicted molar refractivity (Wildman–Crippen MR) is 138 cm³/mol. The summed E-state index contributed by atoms with van der Waals surface area (Å²) < 4.78 is 5.19. The molecule has 5 N–H and O–H groups in total. The molecule has 3 amide bonds. The van der Waals surface area contributed by atoms with Crippen LogP contribution >= 0.6 is 0 Å². The second kappa shape index (κ2) is 10.4. The summed E-state index contributed by atoms with van der Waals surface area (Å²) in [6.07, 6.45) is 2.10. The molecule has 0 saturated heterocycles. The predicted octanol–water partition coefficient (Wildman–Crippen LogP) is 2.78. The number of nitrogens with two attached hydrogens (primary N) is 1. The quantitative estimate of drug-likeness (QED) is 0.368. The Morgan fingerprint density at radius 1 is 1.11 bits per heavy atom. The molecule has 0 unspecified atom stereocenters. The van der Waals surface area contributed by atoms with Crippen molar-refractivity contribution in [1.82, 2.24) is 15.6 Å². The molecule has 0 radical (unpaired) electrons. The summed E-state index contributed by atoms with van der Waals surface area (Å²) in [5, 5.41) is 6.93. The van der Waals surface area contributed by atoms with Crippen molar-refractivity contribution in [1.29, 1.82) is 0 Å². The Balaban J connectivity index is 1.58. The number of aromatic amines is 1. The summed E-state index contributed by atoms with van der Waals surface area (Å²) in [6, 6.07) is 14.7. The average Bonchev–Trinajstić information content (AvgIpc) is 3.23. The van der Waals surface area contributed by atoms with Crippen LogP contribution in [0.25, 0.3) is 10.9 Å². The first kappa shape index (κ1) is 25.3. The molecule has 1 aromatic heterocycles. The van der Waals surface area contributed by atoms with Crippen molar-refractivity contribution in [3.8, 4) is 5.75 Å². The Bertz CT molecular complexity index is 1260. The Morgan fingerprint density at radius 2 is 1.83 bits per heavy atom. The van der Waals surface area contributed by atoms with Gasteiger partial charge in [0.15, 0.2) is 0 Å². The number of carbonyl (C=O) groups is 3. The van der Waals surface area contributed by atoms with Crippen molar-refractivity contribution in [2.24, 2.45) is 11.7 Å². The summed E-state index contributed by atoms with van der Waals surface area (Å²) in [5.41, 5.74) is 8.48. The van der Waals surface area contributed by atoms with Gasteiger partial charge in [0.05, 0.1) is 7.11 Å². The third-order valence-corrected chi connectivity index (χ3v) is 7.06. The molecule has 1 heterocycles. The summed E-state index contributed by atoms with van der Waals surface area (Å²) in [4.78, 5) is 42.4. The zero-order valence-electron chi connectivity index (χ0n) is 21.0. The van der Waals surface area contributed by atoms with Crippen LogP contribution in [0.4, 0.5) is 0 Å². The Labute approximate surface area is 211 Å². The summed E-state index contributed by atoms with van der Waals surface area (Å²) in [5.74, 6) is -0.618. The molecule has 8 heteroatoms.